The molecule has 224 valence electrons. The number of aromatic nitrogens is 3. The molecule has 12 heteroatoms. The van der Waals surface area contributed by atoms with Crippen molar-refractivity contribution in [2.75, 3.05) is 75.1 Å². The molecule has 0 unspecified atom stereocenters. The van der Waals surface area contributed by atoms with Gasteiger partial charge in [0.25, 0.3) is 5.91 Å². The van der Waals surface area contributed by atoms with E-state index in [9.17, 15) is 4.79 Å². The zero-order valence-electron chi connectivity index (χ0n) is 24.5. The van der Waals surface area contributed by atoms with Crippen molar-refractivity contribution in [3.8, 4) is 10.6 Å². The summed E-state index contributed by atoms with van der Waals surface area (Å²) in [6.07, 6.45) is 5.84. The van der Waals surface area contributed by atoms with Gasteiger partial charge in [-0.25, -0.2) is 14.3 Å². The Balaban J connectivity index is 1.20. The highest BCUT2D eigenvalue weighted by Gasteiger charge is 2.28. The summed E-state index contributed by atoms with van der Waals surface area (Å²) in [6, 6.07) is 9.07. The number of carbonyl (C=O) groups excluding carboxylic acids is 1. The molecule has 3 fully saturated rings. The van der Waals surface area contributed by atoms with E-state index in [1.807, 2.05) is 12.1 Å². The second-order valence-electron chi connectivity index (χ2n) is 11.6. The van der Waals surface area contributed by atoms with Crippen molar-refractivity contribution in [1.29, 1.82) is 0 Å². The van der Waals surface area contributed by atoms with Gasteiger partial charge in [-0.05, 0) is 81.0 Å². The highest BCUT2D eigenvalue weighted by Crippen LogP contribution is 2.33. The van der Waals surface area contributed by atoms with Crippen LogP contribution in [0.25, 0.3) is 10.6 Å². The van der Waals surface area contributed by atoms with Crippen molar-refractivity contribution in [3.05, 3.63) is 41.7 Å². The second kappa shape index (κ2) is 12.9. The van der Waals surface area contributed by atoms with Gasteiger partial charge in [-0.3, -0.25) is 9.69 Å². The highest BCUT2D eigenvalue weighted by molar-refractivity contribution is 7.09. The number of amides is 1. The first-order chi connectivity index (χ1) is 20.4. The molecule has 5 heterocycles. The summed E-state index contributed by atoms with van der Waals surface area (Å²) in [5.74, 6) is 0.311. The fourth-order valence-corrected chi connectivity index (χ4v) is 6.81. The standard InChI is InChI=1S/C30H41N9O2S/c1-20-19-22(3-4-24(20)39-11-6-23(7-12-39)38-15-13-37(2)14-16-38)34-30-27(28(31)40)35-26(25-5-10-32-42-25)29(36-30)33-21-8-17-41-18-9-21/h3-5,10,19,21,23H,6-9,11-18H2,1-2H3,(H2,31,40)(H2,33,34,36). The summed E-state index contributed by atoms with van der Waals surface area (Å²) >= 11 is 1.31. The number of hydrogen-bond donors (Lipinski definition) is 3. The number of nitrogens with zero attached hydrogens (tertiary/aromatic N) is 6. The van der Waals surface area contributed by atoms with Gasteiger partial charge in [0.1, 0.15) is 5.69 Å². The Labute approximate surface area is 251 Å². The van der Waals surface area contributed by atoms with Crippen LogP contribution in [-0.4, -0.2) is 102 Å². The smallest absolute Gasteiger partial charge is 0.271 e. The van der Waals surface area contributed by atoms with E-state index in [1.54, 1.807) is 6.20 Å². The molecule has 0 aliphatic carbocycles. The third-order valence-corrected chi connectivity index (χ3v) is 9.43. The maximum absolute atomic E-state index is 12.5. The minimum atomic E-state index is -0.634. The topological polar surface area (TPSA) is 125 Å². The number of nitrogens with one attached hydrogen (secondary N) is 2. The Hall–Kier alpha value is -3.32. The predicted octanol–water partition coefficient (Wildman–Crippen LogP) is 3.56. The van der Waals surface area contributed by atoms with E-state index < -0.39 is 5.91 Å². The fourth-order valence-electron chi connectivity index (χ4n) is 6.22. The van der Waals surface area contributed by atoms with Gasteiger partial charge in [-0.15, -0.1) is 0 Å². The van der Waals surface area contributed by atoms with E-state index >= 15 is 0 Å². The quantitative estimate of drug-likeness (QED) is 0.358. The molecule has 11 nitrogen and oxygen atoms in total. The number of hydrogen-bond acceptors (Lipinski definition) is 11. The number of aryl methyl sites for hydroxylation is 1. The zero-order chi connectivity index (χ0) is 29.1. The highest BCUT2D eigenvalue weighted by atomic mass is 32.1. The minimum Gasteiger partial charge on any atom is -0.381 e. The van der Waals surface area contributed by atoms with Crippen molar-refractivity contribution >= 4 is 40.5 Å². The van der Waals surface area contributed by atoms with Crippen LogP contribution in [0.3, 0.4) is 0 Å². The third-order valence-electron chi connectivity index (χ3n) is 8.68. The van der Waals surface area contributed by atoms with Gasteiger partial charge >= 0.3 is 0 Å². The van der Waals surface area contributed by atoms with Gasteiger partial charge < -0.3 is 30.9 Å². The van der Waals surface area contributed by atoms with Gasteiger partial charge in [-0.1, -0.05) is 0 Å². The number of piperidine rings is 1. The normalized spacial score (nSPS) is 19.6. The number of anilines is 4. The molecule has 0 spiro atoms. The molecule has 2 aromatic heterocycles. The van der Waals surface area contributed by atoms with E-state index in [0.29, 0.717) is 36.6 Å². The number of carbonyl (C=O) groups is 1. The van der Waals surface area contributed by atoms with Crippen molar-refractivity contribution < 1.29 is 9.53 Å². The van der Waals surface area contributed by atoms with Crippen LogP contribution in [0.5, 0.6) is 0 Å². The lowest BCUT2D eigenvalue weighted by Crippen LogP contribution is -2.52. The molecule has 3 aliphatic heterocycles. The summed E-state index contributed by atoms with van der Waals surface area (Å²) in [4.78, 5) is 30.5. The molecule has 42 heavy (non-hydrogen) atoms. The summed E-state index contributed by atoms with van der Waals surface area (Å²) in [7, 11) is 2.21. The molecule has 0 radical (unpaired) electrons. The molecular weight excluding hydrogens is 550 g/mol. The number of likely N-dealkylation sites (N-methyl/N-ethyl adjacent to an activating group) is 1. The predicted molar refractivity (Wildman–Crippen MR) is 168 cm³/mol. The first-order valence-corrected chi connectivity index (χ1v) is 15.7. The van der Waals surface area contributed by atoms with E-state index in [4.69, 9.17) is 20.4 Å². The van der Waals surface area contributed by atoms with Gasteiger partial charge in [0, 0.05) is 82.1 Å². The van der Waals surface area contributed by atoms with Crippen LogP contribution in [-0.2, 0) is 4.74 Å². The van der Waals surface area contributed by atoms with Gasteiger partial charge in [0.2, 0.25) is 0 Å². The summed E-state index contributed by atoms with van der Waals surface area (Å²) in [5, 5.41) is 6.89. The fraction of sp³-hybridized carbons (Fsp3) is 0.533. The van der Waals surface area contributed by atoms with E-state index in [1.165, 1.54) is 48.7 Å². The molecule has 1 aromatic carbocycles. The molecule has 0 saturated carbocycles. The molecule has 6 rings (SSSR count). The monoisotopic (exact) mass is 591 g/mol. The van der Waals surface area contributed by atoms with Crippen LogP contribution in [0.1, 0.15) is 41.7 Å². The summed E-state index contributed by atoms with van der Waals surface area (Å²) < 4.78 is 9.75. The van der Waals surface area contributed by atoms with Crippen molar-refractivity contribution in [2.45, 2.75) is 44.7 Å². The van der Waals surface area contributed by atoms with Crippen LogP contribution >= 0.6 is 11.5 Å². The number of benzene rings is 1. The number of piperazine rings is 1. The van der Waals surface area contributed by atoms with Crippen LogP contribution in [0.15, 0.2) is 30.5 Å². The molecule has 3 saturated heterocycles. The van der Waals surface area contributed by atoms with Crippen LogP contribution in [0, 0.1) is 6.92 Å². The van der Waals surface area contributed by atoms with Crippen molar-refractivity contribution in [2.24, 2.45) is 5.73 Å². The second-order valence-corrected chi connectivity index (χ2v) is 12.4. The number of ether oxygens (including phenoxy) is 1. The molecule has 0 bridgehead atoms. The molecule has 3 aromatic rings. The lowest BCUT2D eigenvalue weighted by Gasteiger charge is -2.43. The average molecular weight is 592 g/mol. The lowest BCUT2D eigenvalue weighted by molar-refractivity contribution is 0.0904. The molecule has 3 aliphatic rings. The van der Waals surface area contributed by atoms with Gasteiger partial charge in [0.05, 0.1) is 4.88 Å². The number of nitrogens with two attached hydrogens (primary N) is 1. The largest absolute Gasteiger partial charge is 0.381 e. The Kier molecular flexibility index (Phi) is 8.84. The zero-order valence-corrected chi connectivity index (χ0v) is 25.3. The SMILES string of the molecule is Cc1cc(Nc2nc(NC3CCOCC3)c(-c3ccns3)nc2C(N)=O)ccc1N1CCC(N2CCN(C)CC2)CC1. The maximum atomic E-state index is 12.5. The van der Waals surface area contributed by atoms with E-state index in [-0.39, 0.29) is 11.7 Å². The minimum absolute atomic E-state index is 0.101. The summed E-state index contributed by atoms with van der Waals surface area (Å²) in [5.41, 5.74) is 9.75. The first kappa shape index (κ1) is 28.8. The third kappa shape index (κ3) is 6.51. The lowest BCUT2D eigenvalue weighted by atomic mass is 10.0. The maximum Gasteiger partial charge on any atom is 0.271 e. The van der Waals surface area contributed by atoms with Gasteiger partial charge in [-0.2, -0.15) is 0 Å². The average Bonchev–Trinajstić information content (AvgIpc) is 3.53. The van der Waals surface area contributed by atoms with E-state index in [0.717, 1.165) is 49.6 Å². The van der Waals surface area contributed by atoms with Gasteiger partial charge in [0.15, 0.2) is 17.3 Å². The van der Waals surface area contributed by atoms with Crippen molar-refractivity contribution in [3.63, 3.8) is 0 Å². The molecule has 4 N–H and O–H groups in total. The van der Waals surface area contributed by atoms with Crippen LogP contribution in [0.2, 0.25) is 0 Å². The molecule has 0 atom stereocenters. The number of primary amides is 1. The Bertz CT molecular complexity index is 1360. The number of rotatable bonds is 8. The van der Waals surface area contributed by atoms with Crippen molar-refractivity contribution in [1.82, 2.24) is 24.1 Å². The van der Waals surface area contributed by atoms with Crippen LogP contribution in [0.4, 0.5) is 23.0 Å². The summed E-state index contributed by atoms with van der Waals surface area (Å²) in [6.45, 7) is 10.3. The van der Waals surface area contributed by atoms with Crippen LogP contribution < -0.4 is 21.3 Å². The van der Waals surface area contributed by atoms with E-state index in [2.05, 4.69) is 55.8 Å². The Morgan fingerprint density at radius 1 is 1.00 bits per heavy atom. The molecular formula is C30H41N9O2S. The Morgan fingerprint density at radius 2 is 1.76 bits per heavy atom. The first-order valence-electron chi connectivity index (χ1n) is 15.0. The Morgan fingerprint density at radius 3 is 2.43 bits per heavy atom. The molecule has 1 amide bonds.